The molecule has 2 aromatic carbocycles. The van der Waals surface area contributed by atoms with Crippen LogP contribution in [0.2, 0.25) is 0 Å². The van der Waals surface area contributed by atoms with Crippen LogP contribution >= 0.6 is 0 Å². The molecule has 0 saturated carbocycles. The van der Waals surface area contributed by atoms with Gasteiger partial charge in [-0.15, -0.1) is 0 Å². The standard InChI is InChI=1S/C19H24N2O4S/c1-2-3-4-13-25-17-9-7-16(8-10-17)19(22)21-14-15-5-11-18(12-6-15)26(20,23)24/h5-12H,2-4,13-14H2,1H3,(H,21,22)(H2,20,23,24). The number of sulfonamides is 1. The van der Waals surface area contributed by atoms with Crippen molar-refractivity contribution in [2.75, 3.05) is 6.61 Å². The summed E-state index contributed by atoms with van der Waals surface area (Å²) in [6.45, 7) is 3.11. The highest BCUT2D eigenvalue weighted by Crippen LogP contribution is 2.13. The van der Waals surface area contributed by atoms with Gasteiger partial charge in [-0.3, -0.25) is 4.79 Å². The fraction of sp³-hybridized carbons (Fsp3) is 0.316. The zero-order valence-electron chi connectivity index (χ0n) is 14.8. The Balaban J connectivity index is 1.85. The Bertz CT molecular complexity index is 816. The van der Waals surface area contributed by atoms with Crippen LogP contribution in [0.5, 0.6) is 5.75 Å². The smallest absolute Gasteiger partial charge is 0.251 e. The Morgan fingerprint density at radius 1 is 1.04 bits per heavy atom. The summed E-state index contributed by atoms with van der Waals surface area (Å²) in [6, 6.07) is 13.1. The second kappa shape index (κ2) is 9.35. The predicted molar refractivity (Wildman–Crippen MR) is 100 cm³/mol. The molecule has 0 saturated heterocycles. The second-order valence-electron chi connectivity index (χ2n) is 5.95. The highest BCUT2D eigenvalue weighted by Gasteiger charge is 2.08. The minimum Gasteiger partial charge on any atom is -0.494 e. The van der Waals surface area contributed by atoms with E-state index in [2.05, 4.69) is 12.2 Å². The lowest BCUT2D eigenvalue weighted by molar-refractivity contribution is 0.0951. The van der Waals surface area contributed by atoms with Crippen molar-refractivity contribution >= 4 is 15.9 Å². The van der Waals surface area contributed by atoms with Gasteiger partial charge in [-0.05, 0) is 48.4 Å². The molecule has 0 unspecified atom stereocenters. The van der Waals surface area contributed by atoms with Gasteiger partial charge in [-0.25, -0.2) is 13.6 Å². The normalized spacial score (nSPS) is 11.2. The van der Waals surface area contributed by atoms with Crippen molar-refractivity contribution in [3.63, 3.8) is 0 Å². The molecule has 0 atom stereocenters. The first-order chi connectivity index (χ1) is 12.4. The zero-order chi connectivity index (χ0) is 19.0. The Hall–Kier alpha value is -2.38. The number of benzene rings is 2. The minimum absolute atomic E-state index is 0.0436. The van der Waals surface area contributed by atoms with E-state index >= 15 is 0 Å². The largest absolute Gasteiger partial charge is 0.494 e. The molecule has 2 rings (SSSR count). The van der Waals surface area contributed by atoms with E-state index in [0.717, 1.165) is 30.6 Å². The molecule has 0 aliphatic heterocycles. The van der Waals surface area contributed by atoms with E-state index < -0.39 is 10.0 Å². The summed E-state index contributed by atoms with van der Waals surface area (Å²) in [5, 5.41) is 7.85. The van der Waals surface area contributed by atoms with Crippen LogP contribution in [0.15, 0.2) is 53.4 Å². The summed E-state index contributed by atoms with van der Waals surface area (Å²) < 4.78 is 28.1. The van der Waals surface area contributed by atoms with Crippen molar-refractivity contribution in [2.45, 2.75) is 37.6 Å². The summed E-state index contributed by atoms with van der Waals surface area (Å²) in [4.78, 5) is 12.2. The number of hydrogen-bond donors (Lipinski definition) is 2. The molecule has 6 nitrogen and oxygen atoms in total. The maximum Gasteiger partial charge on any atom is 0.251 e. The molecule has 0 fully saturated rings. The molecule has 140 valence electrons. The van der Waals surface area contributed by atoms with Gasteiger partial charge in [-0.1, -0.05) is 31.9 Å². The number of rotatable bonds is 9. The minimum atomic E-state index is -3.71. The lowest BCUT2D eigenvalue weighted by atomic mass is 10.2. The highest BCUT2D eigenvalue weighted by atomic mass is 32.2. The molecule has 0 aliphatic rings. The van der Waals surface area contributed by atoms with Crippen LogP contribution in [-0.2, 0) is 16.6 Å². The molecule has 2 aromatic rings. The fourth-order valence-corrected chi connectivity index (χ4v) is 2.84. The number of nitrogens with one attached hydrogen (secondary N) is 1. The predicted octanol–water partition coefficient (Wildman–Crippen LogP) is 2.83. The van der Waals surface area contributed by atoms with E-state index in [1.54, 1.807) is 36.4 Å². The number of nitrogens with two attached hydrogens (primary N) is 1. The molecular weight excluding hydrogens is 352 g/mol. The van der Waals surface area contributed by atoms with Gasteiger partial charge in [0.1, 0.15) is 5.75 Å². The molecule has 1 amide bonds. The average molecular weight is 376 g/mol. The molecule has 3 N–H and O–H groups in total. The van der Waals surface area contributed by atoms with Crippen molar-refractivity contribution in [1.29, 1.82) is 0 Å². The van der Waals surface area contributed by atoms with Crippen LogP contribution in [0.1, 0.15) is 42.1 Å². The lowest BCUT2D eigenvalue weighted by Crippen LogP contribution is -2.22. The number of primary sulfonamides is 1. The van der Waals surface area contributed by atoms with Crippen molar-refractivity contribution in [2.24, 2.45) is 5.14 Å². The lowest BCUT2D eigenvalue weighted by Gasteiger charge is -2.08. The van der Waals surface area contributed by atoms with Gasteiger partial charge in [-0.2, -0.15) is 0 Å². The van der Waals surface area contributed by atoms with Crippen LogP contribution in [0, 0.1) is 0 Å². The van der Waals surface area contributed by atoms with E-state index in [9.17, 15) is 13.2 Å². The molecule has 0 aliphatic carbocycles. The molecule has 0 spiro atoms. The molecule has 0 aromatic heterocycles. The topological polar surface area (TPSA) is 98.5 Å². The fourth-order valence-electron chi connectivity index (χ4n) is 2.33. The number of amides is 1. The molecule has 0 heterocycles. The van der Waals surface area contributed by atoms with Crippen LogP contribution in [-0.4, -0.2) is 20.9 Å². The van der Waals surface area contributed by atoms with Gasteiger partial charge in [0.15, 0.2) is 0 Å². The summed E-state index contributed by atoms with van der Waals surface area (Å²) >= 11 is 0. The Labute approximate surface area is 154 Å². The first-order valence-electron chi connectivity index (χ1n) is 8.53. The SMILES string of the molecule is CCCCCOc1ccc(C(=O)NCc2ccc(S(N)(=O)=O)cc2)cc1. The number of hydrogen-bond acceptors (Lipinski definition) is 4. The Kier molecular flexibility index (Phi) is 7.17. The summed E-state index contributed by atoms with van der Waals surface area (Å²) in [7, 11) is -3.71. The molecule has 26 heavy (non-hydrogen) atoms. The monoisotopic (exact) mass is 376 g/mol. The first-order valence-corrected chi connectivity index (χ1v) is 10.1. The van der Waals surface area contributed by atoms with E-state index in [-0.39, 0.29) is 10.8 Å². The molecular formula is C19H24N2O4S. The third kappa shape index (κ3) is 6.16. The number of carbonyl (C=O) groups is 1. The van der Waals surface area contributed by atoms with Crippen LogP contribution in [0.3, 0.4) is 0 Å². The third-order valence-corrected chi connectivity index (χ3v) is 4.77. The zero-order valence-corrected chi connectivity index (χ0v) is 15.6. The number of carbonyl (C=O) groups excluding carboxylic acids is 1. The first kappa shape index (κ1) is 19.9. The Morgan fingerprint density at radius 2 is 1.69 bits per heavy atom. The van der Waals surface area contributed by atoms with Crippen molar-refractivity contribution in [3.8, 4) is 5.75 Å². The van der Waals surface area contributed by atoms with Crippen molar-refractivity contribution in [1.82, 2.24) is 5.32 Å². The number of unbranched alkanes of at least 4 members (excludes halogenated alkanes) is 2. The van der Waals surface area contributed by atoms with Gasteiger partial charge >= 0.3 is 0 Å². The number of ether oxygens (including phenoxy) is 1. The van der Waals surface area contributed by atoms with Gasteiger partial charge in [0.05, 0.1) is 11.5 Å². The van der Waals surface area contributed by atoms with Crippen molar-refractivity contribution in [3.05, 3.63) is 59.7 Å². The quantitative estimate of drug-likeness (QED) is 0.658. The van der Waals surface area contributed by atoms with E-state index in [1.165, 1.54) is 12.1 Å². The van der Waals surface area contributed by atoms with Gasteiger partial charge < -0.3 is 10.1 Å². The second-order valence-corrected chi connectivity index (χ2v) is 7.51. The maximum atomic E-state index is 12.2. The molecule has 0 radical (unpaired) electrons. The van der Waals surface area contributed by atoms with Crippen molar-refractivity contribution < 1.29 is 17.9 Å². The van der Waals surface area contributed by atoms with E-state index in [4.69, 9.17) is 9.88 Å². The average Bonchev–Trinajstić information content (AvgIpc) is 2.63. The van der Waals surface area contributed by atoms with Crippen LogP contribution in [0.4, 0.5) is 0 Å². The van der Waals surface area contributed by atoms with E-state index in [1.807, 2.05) is 0 Å². The highest BCUT2D eigenvalue weighted by molar-refractivity contribution is 7.89. The van der Waals surface area contributed by atoms with Crippen LogP contribution < -0.4 is 15.2 Å². The van der Waals surface area contributed by atoms with Gasteiger partial charge in [0.2, 0.25) is 10.0 Å². The molecule has 0 bridgehead atoms. The third-order valence-electron chi connectivity index (χ3n) is 3.84. The molecule has 7 heteroatoms. The van der Waals surface area contributed by atoms with Crippen LogP contribution in [0.25, 0.3) is 0 Å². The maximum absolute atomic E-state index is 12.2. The summed E-state index contributed by atoms with van der Waals surface area (Å²) in [6.07, 6.45) is 3.30. The van der Waals surface area contributed by atoms with E-state index in [0.29, 0.717) is 18.7 Å². The summed E-state index contributed by atoms with van der Waals surface area (Å²) in [5.74, 6) is 0.536. The summed E-state index contributed by atoms with van der Waals surface area (Å²) in [5.41, 5.74) is 1.31. The Morgan fingerprint density at radius 3 is 2.27 bits per heavy atom. The van der Waals surface area contributed by atoms with Gasteiger partial charge in [0, 0.05) is 12.1 Å². The van der Waals surface area contributed by atoms with Gasteiger partial charge in [0.25, 0.3) is 5.91 Å².